The Kier molecular flexibility index (Phi) is 3.07. The molecule has 2 aromatic rings. The lowest BCUT2D eigenvalue weighted by molar-refractivity contribution is 0.482. The third-order valence-electron chi connectivity index (χ3n) is 2.12. The Bertz CT molecular complexity index is 451. The molecule has 2 rings (SSSR count). The van der Waals surface area contributed by atoms with E-state index in [-0.39, 0.29) is 0 Å². The van der Waals surface area contributed by atoms with Crippen molar-refractivity contribution in [1.82, 2.24) is 0 Å². The van der Waals surface area contributed by atoms with Crippen LogP contribution in [0.4, 0.5) is 0 Å². The fourth-order valence-electron chi connectivity index (χ4n) is 1.26. The average Bonchev–Trinajstić information content (AvgIpc) is 2.25. The SMILES string of the molecule is Cc1ccc(Oc2ccccc2)cc1Br. The summed E-state index contributed by atoms with van der Waals surface area (Å²) < 4.78 is 6.75. The zero-order chi connectivity index (χ0) is 10.7. The summed E-state index contributed by atoms with van der Waals surface area (Å²) in [6.07, 6.45) is 0. The summed E-state index contributed by atoms with van der Waals surface area (Å²) >= 11 is 3.48. The van der Waals surface area contributed by atoms with Crippen molar-refractivity contribution in [2.24, 2.45) is 0 Å². The quantitative estimate of drug-likeness (QED) is 0.772. The maximum absolute atomic E-state index is 5.68. The topological polar surface area (TPSA) is 9.23 Å². The minimum atomic E-state index is 0.846. The highest BCUT2D eigenvalue weighted by molar-refractivity contribution is 9.10. The van der Waals surface area contributed by atoms with Gasteiger partial charge >= 0.3 is 0 Å². The maximum atomic E-state index is 5.68. The Morgan fingerprint density at radius 1 is 0.933 bits per heavy atom. The molecule has 0 aliphatic heterocycles. The van der Waals surface area contributed by atoms with Gasteiger partial charge in [-0.1, -0.05) is 40.2 Å². The van der Waals surface area contributed by atoms with E-state index in [2.05, 4.69) is 22.9 Å². The molecule has 0 radical (unpaired) electrons. The Hall–Kier alpha value is -1.28. The van der Waals surface area contributed by atoms with Crippen molar-refractivity contribution in [2.45, 2.75) is 6.92 Å². The largest absolute Gasteiger partial charge is 0.457 e. The summed E-state index contributed by atoms with van der Waals surface area (Å²) in [7, 11) is 0. The summed E-state index contributed by atoms with van der Waals surface area (Å²) in [5.74, 6) is 1.70. The molecule has 0 spiro atoms. The predicted molar refractivity (Wildman–Crippen MR) is 65.4 cm³/mol. The standard InChI is InChI=1S/C13H11BrO/c1-10-7-8-12(9-13(10)14)15-11-5-3-2-4-6-11/h2-9H,1H3. The van der Waals surface area contributed by atoms with Crippen LogP contribution in [-0.2, 0) is 0 Å². The molecule has 2 heteroatoms. The molecule has 0 atom stereocenters. The molecular formula is C13H11BrO. The molecule has 0 aromatic heterocycles. The minimum absolute atomic E-state index is 0.846. The van der Waals surface area contributed by atoms with Crippen LogP contribution in [0.3, 0.4) is 0 Å². The van der Waals surface area contributed by atoms with Gasteiger partial charge in [0.2, 0.25) is 0 Å². The second kappa shape index (κ2) is 4.49. The Morgan fingerprint density at radius 3 is 2.33 bits per heavy atom. The maximum Gasteiger partial charge on any atom is 0.128 e. The molecule has 2 aromatic carbocycles. The number of hydrogen-bond donors (Lipinski definition) is 0. The number of halogens is 1. The third kappa shape index (κ3) is 2.60. The molecule has 0 aliphatic rings. The Morgan fingerprint density at radius 2 is 1.67 bits per heavy atom. The highest BCUT2D eigenvalue weighted by Gasteiger charge is 1.99. The van der Waals surface area contributed by atoms with E-state index in [1.54, 1.807) is 0 Å². The molecule has 0 bridgehead atoms. The first-order valence-corrected chi connectivity index (χ1v) is 5.54. The van der Waals surface area contributed by atoms with E-state index in [1.807, 2.05) is 48.5 Å². The lowest BCUT2D eigenvalue weighted by Gasteiger charge is -2.06. The van der Waals surface area contributed by atoms with Crippen molar-refractivity contribution in [1.29, 1.82) is 0 Å². The zero-order valence-electron chi connectivity index (χ0n) is 8.41. The number of rotatable bonds is 2. The number of para-hydroxylation sites is 1. The Balaban J connectivity index is 2.22. The molecule has 0 unspecified atom stereocenters. The van der Waals surface area contributed by atoms with Gasteiger partial charge in [-0.2, -0.15) is 0 Å². The second-order valence-electron chi connectivity index (χ2n) is 3.33. The molecular weight excluding hydrogens is 252 g/mol. The average molecular weight is 263 g/mol. The fraction of sp³-hybridized carbons (Fsp3) is 0.0769. The van der Waals surface area contributed by atoms with E-state index >= 15 is 0 Å². The van der Waals surface area contributed by atoms with Crippen LogP contribution in [0.2, 0.25) is 0 Å². The van der Waals surface area contributed by atoms with Crippen LogP contribution in [0.25, 0.3) is 0 Å². The monoisotopic (exact) mass is 262 g/mol. The first-order valence-electron chi connectivity index (χ1n) is 4.75. The van der Waals surface area contributed by atoms with E-state index in [0.717, 1.165) is 16.0 Å². The molecule has 0 fully saturated rings. The van der Waals surface area contributed by atoms with Crippen molar-refractivity contribution in [3.63, 3.8) is 0 Å². The summed E-state index contributed by atoms with van der Waals surface area (Å²) in [5, 5.41) is 0. The van der Waals surface area contributed by atoms with E-state index in [1.165, 1.54) is 5.56 Å². The highest BCUT2D eigenvalue weighted by atomic mass is 79.9. The molecule has 0 amide bonds. The van der Waals surface area contributed by atoms with Gasteiger partial charge in [0.25, 0.3) is 0 Å². The summed E-state index contributed by atoms with van der Waals surface area (Å²) in [5.41, 5.74) is 1.20. The van der Waals surface area contributed by atoms with Gasteiger partial charge in [0.05, 0.1) is 0 Å². The van der Waals surface area contributed by atoms with Gasteiger partial charge in [0.15, 0.2) is 0 Å². The second-order valence-corrected chi connectivity index (χ2v) is 4.18. The van der Waals surface area contributed by atoms with Crippen molar-refractivity contribution in [3.05, 3.63) is 58.6 Å². The summed E-state index contributed by atoms with van der Waals surface area (Å²) in [6.45, 7) is 2.05. The van der Waals surface area contributed by atoms with Gasteiger partial charge in [0.1, 0.15) is 11.5 Å². The zero-order valence-corrected chi connectivity index (χ0v) is 9.99. The van der Waals surface area contributed by atoms with E-state index in [9.17, 15) is 0 Å². The summed E-state index contributed by atoms with van der Waals surface area (Å²) in [6, 6.07) is 15.7. The van der Waals surface area contributed by atoms with Gasteiger partial charge < -0.3 is 4.74 Å². The first kappa shape index (κ1) is 10.2. The number of hydrogen-bond acceptors (Lipinski definition) is 1. The van der Waals surface area contributed by atoms with Crippen LogP contribution < -0.4 is 4.74 Å². The van der Waals surface area contributed by atoms with Gasteiger partial charge in [-0.15, -0.1) is 0 Å². The van der Waals surface area contributed by atoms with Crippen LogP contribution in [0.1, 0.15) is 5.56 Å². The van der Waals surface area contributed by atoms with Crippen molar-refractivity contribution < 1.29 is 4.74 Å². The van der Waals surface area contributed by atoms with Crippen LogP contribution in [0, 0.1) is 6.92 Å². The van der Waals surface area contributed by atoms with E-state index in [4.69, 9.17) is 4.74 Å². The van der Waals surface area contributed by atoms with E-state index in [0.29, 0.717) is 0 Å². The van der Waals surface area contributed by atoms with Gasteiger partial charge in [-0.05, 0) is 36.8 Å². The van der Waals surface area contributed by atoms with Crippen molar-refractivity contribution in [2.75, 3.05) is 0 Å². The smallest absolute Gasteiger partial charge is 0.128 e. The van der Waals surface area contributed by atoms with Gasteiger partial charge in [-0.25, -0.2) is 0 Å². The number of benzene rings is 2. The lowest BCUT2D eigenvalue weighted by Crippen LogP contribution is -1.84. The molecule has 0 saturated heterocycles. The molecule has 0 saturated carbocycles. The Labute approximate surface area is 97.8 Å². The minimum Gasteiger partial charge on any atom is -0.457 e. The summed E-state index contributed by atoms with van der Waals surface area (Å²) in [4.78, 5) is 0. The predicted octanol–water partition coefficient (Wildman–Crippen LogP) is 4.55. The van der Waals surface area contributed by atoms with Crippen LogP contribution >= 0.6 is 15.9 Å². The highest BCUT2D eigenvalue weighted by Crippen LogP contribution is 2.26. The fourth-order valence-corrected chi connectivity index (χ4v) is 1.62. The normalized spacial score (nSPS) is 10.0. The van der Waals surface area contributed by atoms with E-state index < -0.39 is 0 Å². The van der Waals surface area contributed by atoms with Crippen LogP contribution in [0.15, 0.2) is 53.0 Å². The molecule has 0 N–H and O–H groups in total. The molecule has 0 heterocycles. The molecule has 15 heavy (non-hydrogen) atoms. The van der Waals surface area contributed by atoms with Crippen LogP contribution in [-0.4, -0.2) is 0 Å². The van der Waals surface area contributed by atoms with Gasteiger partial charge in [0, 0.05) is 4.47 Å². The van der Waals surface area contributed by atoms with Crippen molar-refractivity contribution >= 4 is 15.9 Å². The van der Waals surface area contributed by atoms with Crippen LogP contribution in [0.5, 0.6) is 11.5 Å². The molecule has 0 aliphatic carbocycles. The first-order chi connectivity index (χ1) is 7.25. The lowest BCUT2D eigenvalue weighted by atomic mass is 10.2. The van der Waals surface area contributed by atoms with Crippen molar-refractivity contribution in [3.8, 4) is 11.5 Å². The molecule has 76 valence electrons. The third-order valence-corrected chi connectivity index (χ3v) is 2.98. The number of ether oxygens (including phenoxy) is 1. The molecule has 1 nitrogen and oxygen atoms in total. The van der Waals surface area contributed by atoms with Gasteiger partial charge in [-0.3, -0.25) is 0 Å². The number of aryl methyl sites for hydroxylation is 1.